The number of carbonyl (C=O) groups is 3. The summed E-state index contributed by atoms with van der Waals surface area (Å²) in [5.74, 6) is -0.602. The third kappa shape index (κ3) is 4.11. The van der Waals surface area contributed by atoms with Gasteiger partial charge in [-0.1, -0.05) is 18.2 Å². The number of carbonyl (C=O) groups excluding carboxylic acids is 3. The molecule has 1 aromatic carbocycles. The van der Waals surface area contributed by atoms with Gasteiger partial charge in [0.1, 0.15) is 6.04 Å². The van der Waals surface area contributed by atoms with E-state index in [1.165, 1.54) is 11.2 Å². The van der Waals surface area contributed by atoms with Gasteiger partial charge in [-0.05, 0) is 24.3 Å². The van der Waals surface area contributed by atoms with Crippen molar-refractivity contribution < 1.29 is 18.8 Å². The summed E-state index contributed by atoms with van der Waals surface area (Å²) >= 11 is 0. The molecule has 0 spiro atoms. The lowest BCUT2D eigenvalue weighted by atomic mass is 10.1. The van der Waals surface area contributed by atoms with E-state index >= 15 is 0 Å². The van der Waals surface area contributed by atoms with E-state index in [1.807, 2.05) is 18.2 Å². The minimum Gasteiger partial charge on any atom is -0.459 e. The Labute approximate surface area is 169 Å². The molecule has 2 aromatic rings. The molecule has 8 heteroatoms. The topological polar surface area (TPSA) is 86.1 Å². The fourth-order valence-electron chi connectivity index (χ4n) is 3.85. The molecule has 1 aromatic heterocycles. The maximum Gasteiger partial charge on any atom is 0.290 e. The molecule has 2 aliphatic heterocycles. The molecule has 2 aliphatic rings. The van der Waals surface area contributed by atoms with Crippen LogP contribution in [0.2, 0.25) is 0 Å². The summed E-state index contributed by atoms with van der Waals surface area (Å²) in [6, 6.07) is 12.5. The van der Waals surface area contributed by atoms with Gasteiger partial charge < -0.3 is 24.4 Å². The Morgan fingerprint density at radius 2 is 1.76 bits per heavy atom. The number of nitrogens with zero attached hydrogens (tertiary/aromatic N) is 3. The van der Waals surface area contributed by atoms with E-state index in [4.69, 9.17) is 4.42 Å². The van der Waals surface area contributed by atoms with Crippen LogP contribution in [0.25, 0.3) is 0 Å². The average molecular weight is 396 g/mol. The molecule has 2 saturated heterocycles. The normalized spacial score (nSPS) is 19.8. The van der Waals surface area contributed by atoms with E-state index in [0.29, 0.717) is 26.2 Å². The third-order valence-electron chi connectivity index (χ3n) is 5.45. The average Bonchev–Trinajstić information content (AvgIpc) is 3.30. The van der Waals surface area contributed by atoms with E-state index in [9.17, 15) is 14.4 Å². The van der Waals surface area contributed by atoms with Crippen molar-refractivity contribution >= 4 is 23.4 Å². The molecule has 1 atom stereocenters. The van der Waals surface area contributed by atoms with Crippen molar-refractivity contribution in [3.8, 4) is 0 Å². The fourth-order valence-corrected chi connectivity index (χ4v) is 3.85. The number of hydrogen-bond donors (Lipinski definition) is 1. The molecule has 0 bridgehead atoms. The molecule has 4 rings (SSSR count). The Balaban J connectivity index is 1.38. The molecule has 29 heavy (non-hydrogen) atoms. The van der Waals surface area contributed by atoms with Crippen LogP contribution in [0.1, 0.15) is 17.0 Å². The molecular formula is C21H24N4O4. The number of piperazine rings is 2. The van der Waals surface area contributed by atoms with E-state index in [1.54, 1.807) is 17.0 Å². The first-order valence-corrected chi connectivity index (χ1v) is 9.83. The van der Waals surface area contributed by atoms with Crippen molar-refractivity contribution in [2.45, 2.75) is 12.5 Å². The van der Waals surface area contributed by atoms with Crippen molar-refractivity contribution in [3.63, 3.8) is 0 Å². The molecule has 1 N–H and O–H groups in total. The van der Waals surface area contributed by atoms with E-state index in [0.717, 1.165) is 18.8 Å². The van der Waals surface area contributed by atoms with Crippen LogP contribution < -0.4 is 10.2 Å². The number of para-hydroxylation sites is 1. The van der Waals surface area contributed by atoms with Gasteiger partial charge >= 0.3 is 0 Å². The minimum absolute atomic E-state index is 0.0242. The van der Waals surface area contributed by atoms with Crippen molar-refractivity contribution in [1.29, 1.82) is 0 Å². The Kier molecular flexibility index (Phi) is 5.50. The lowest BCUT2D eigenvalue weighted by Crippen LogP contribution is -2.59. The Bertz CT molecular complexity index is 860. The highest BCUT2D eigenvalue weighted by Gasteiger charge is 2.37. The molecule has 3 amide bonds. The Morgan fingerprint density at radius 1 is 1.00 bits per heavy atom. The Morgan fingerprint density at radius 3 is 2.45 bits per heavy atom. The van der Waals surface area contributed by atoms with Crippen LogP contribution in [0.5, 0.6) is 0 Å². The number of hydrogen-bond acceptors (Lipinski definition) is 5. The van der Waals surface area contributed by atoms with E-state index in [-0.39, 0.29) is 29.9 Å². The van der Waals surface area contributed by atoms with Gasteiger partial charge in [0.2, 0.25) is 11.8 Å². The first kappa shape index (κ1) is 19.0. The zero-order valence-electron chi connectivity index (χ0n) is 16.1. The highest BCUT2D eigenvalue weighted by atomic mass is 16.3. The number of rotatable bonds is 4. The lowest BCUT2D eigenvalue weighted by molar-refractivity contribution is -0.138. The van der Waals surface area contributed by atoms with Gasteiger partial charge in [-0.15, -0.1) is 0 Å². The van der Waals surface area contributed by atoms with Crippen LogP contribution in [0.4, 0.5) is 5.69 Å². The van der Waals surface area contributed by atoms with Gasteiger partial charge in [0, 0.05) is 45.0 Å². The molecule has 152 valence electrons. The zero-order chi connectivity index (χ0) is 20.2. The van der Waals surface area contributed by atoms with Crippen LogP contribution in [0.15, 0.2) is 53.1 Å². The van der Waals surface area contributed by atoms with Crippen molar-refractivity contribution in [2.75, 3.05) is 44.2 Å². The molecule has 0 radical (unpaired) electrons. The third-order valence-corrected chi connectivity index (χ3v) is 5.45. The molecule has 8 nitrogen and oxygen atoms in total. The molecule has 0 aliphatic carbocycles. The largest absolute Gasteiger partial charge is 0.459 e. The summed E-state index contributed by atoms with van der Waals surface area (Å²) < 4.78 is 5.18. The number of amides is 3. The first-order chi connectivity index (χ1) is 14.1. The van der Waals surface area contributed by atoms with Gasteiger partial charge in [0.05, 0.1) is 12.7 Å². The van der Waals surface area contributed by atoms with Crippen molar-refractivity contribution in [3.05, 3.63) is 54.5 Å². The summed E-state index contributed by atoms with van der Waals surface area (Å²) in [5, 5.41) is 2.76. The van der Waals surface area contributed by atoms with Crippen LogP contribution in [0.3, 0.4) is 0 Å². The maximum atomic E-state index is 12.9. The number of nitrogens with one attached hydrogen (secondary N) is 1. The molecular weight excluding hydrogens is 372 g/mol. The zero-order valence-corrected chi connectivity index (χ0v) is 16.1. The second-order valence-electron chi connectivity index (χ2n) is 7.19. The van der Waals surface area contributed by atoms with Crippen molar-refractivity contribution in [1.82, 2.24) is 15.1 Å². The summed E-state index contributed by atoms with van der Waals surface area (Å²) in [7, 11) is 0. The van der Waals surface area contributed by atoms with Gasteiger partial charge in [-0.3, -0.25) is 14.4 Å². The van der Waals surface area contributed by atoms with Crippen LogP contribution in [0, 0.1) is 0 Å². The van der Waals surface area contributed by atoms with Crippen LogP contribution in [-0.2, 0) is 9.59 Å². The molecule has 0 unspecified atom stereocenters. The standard InChI is InChI=1S/C21H24N4O4/c26-19(24-12-10-23(11-13-24)16-5-2-1-3-6-16)15-17-20(27)22-8-9-25(17)21(28)18-7-4-14-29-18/h1-7,14,17H,8-13,15H2,(H,22,27)/t17-/m0/s1. The quantitative estimate of drug-likeness (QED) is 0.832. The van der Waals surface area contributed by atoms with Crippen LogP contribution in [-0.4, -0.2) is 72.8 Å². The summed E-state index contributed by atoms with van der Waals surface area (Å²) in [5.41, 5.74) is 1.14. The minimum atomic E-state index is -0.819. The Hall–Kier alpha value is -3.29. The summed E-state index contributed by atoms with van der Waals surface area (Å²) in [6.07, 6.45) is 1.40. The van der Waals surface area contributed by atoms with Crippen molar-refractivity contribution in [2.24, 2.45) is 0 Å². The van der Waals surface area contributed by atoms with E-state index in [2.05, 4.69) is 22.3 Å². The monoisotopic (exact) mass is 396 g/mol. The predicted molar refractivity (Wildman–Crippen MR) is 106 cm³/mol. The second-order valence-corrected chi connectivity index (χ2v) is 7.19. The lowest BCUT2D eigenvalue weighted by Gasteiger charge is -2.38. The van der Waals surface area contributed by atoms with Gasteiger partial charge in [-0.2, -0.15) is 0 Å². The molecule has 0 saturated carbocycles. The molecule has 3 heterocycles. The predicted octanol–water partition coefficient (Wildman–Crippen LogP) is 0.959. The van der Waals surface area contributed by atoms with E-state index < -0.39 is 6.04 Å². The highest BCUT2D eigenvalue weighted by Crippen LogP contribution is 2.18. The number of anilines is 1. The smallest absolute Gasteiger partial charge is 0.290 e. The van der Waals surface area contributed by atoms with Gasteiger partial charge in [0.25, 0.3) is 5.91 Å². The second kappa shape index (κ2) is 8.38. The number of benzene rings is 1. The summed E-state index contributed by atoms with van der Waals surface area (Å²) in [6.45, 7) is 3.38. The SMILES string of the molecule is O=C1NCCN(C(=O)c2ccco2)[C@H]1CC(=O)N1CCN(c2ccccc2)CC1. The maximum absolute atomic E-state index is 12.9. The highest BCUT2D eigenvalue weighted by molar-refractivity contribution is 5.98. The number of furan rings is 1. The molecule has 2 fully saturated rings. The van der Waals surface area contributed by atoms with Gasteiger partial charge in [0.15, 0.2) is 5.76 Å². The summed E-state index contributed by atoms with van der Waals surface area (Å²) in [4.78, 5) is 43.4. The fraction of sp³-hybridized carbons (Fsp3) is 0.381. The van der Waals surface area contributed by atoms with Crippen LogP contribution >= 0.6 is 0 Å². The van der Waals surface area contributed by atoms with Gasteiger partial charge in [-0.25, -0.2) is 0 Å². The first-order valence-electron chi connectivity index (χ1n) is 9.83.